The van der Waals surface area contributed by atoms with E-state index in [0.29, 0.717) is 5.70 Å². The Hall–Kier alpha value is -4.68. The van der Waals surface area contributed by atoms with Crippen molar-refractivity contribution in [2.45, 2.75) is 32.9 Å². The Morgan fingerprint density at radius 1 is 0.769 bits per heavy atom. The van der Waals surface area contributed by atoms with Gasteiger partial charge in [-0.1, -0.05) is 25.3 Å². The van der Waals surface area contributed by atoms with Crippen molar-refractivity contribution in [2.75, 3.05) is 73.6 Å². The van der Waals surface area contributed by atoms with E-state index in [1.165, 1.54) is 31.5 Å². The van der Waals surface area contributed by atoms with Gasteiger partial charge in [0.15, 0.2) is 0 Å². The normalized spacial score (nSPS) is 16.8. The van der Waals surface area contributed by atoms with Crippen LogP contribution in [-0.2, 0) is 19.5 Å². The van der Waals surface area contributed by atoms with Gasteiger partial charge in [-0.05, 0) is 85.0 Å². The summed E-state index contributed by atoms with van der Waals surface area (Å²) in [6.07, 6.45) is 6.66. The Balaban J connectivity index is 0.961. The zero-order valence-electron chi connectivity index (χ0n) is 29.9. The Labute approximate surface area is 314 Å². The molecule has 0 saturated carbocycles. The second-order valence-electron chi connectivity index (χ2n) is 14.2. The van der Waals surface area contributed by atoms with Gasteiger partial charge in [0.1, 0.15) is 10.0 Å². The number of aromatic nitrogens is 2. The van der Waals surface area contributed by atoms with Crippen molar-refractivity contribution in [3.05, 3.63) is 99.5 Å². The summed E-state index contributed by atoms with van der Waals surface area (Å²) in [6.45, 7) is 19.7. The molecule has 9 nitrogen and oxygen atoms in total. The van der Waals surface area contributed by atoms with Gasteiger partial charge in [-0.2, -0.15) is 0 Å². The third-order valence-corrected chi connectivity index (χ3v) is 12.5. The van der Waals surface area contributed by atoms with E-state index in [9.17, 15) is 0 Å². The van der Waals surface area contributed by atoms with E-state index < -0.39 is 0 Å². The molecule has 0 radical (unpaired) electrons. The van der Waals surface area contributed by atoms with Crippen molar-refractivity contribution >= 4 is 73.0 Å². The molecule has 2 aliphatic heterocycles. The molecular weight excluding hydrogens is 683 g/mol. The van der Waals surface area contributed by atoms with Crippen LogP contribution < -0.4 is 27.0 Å². The lowest BCUT2D eigenvalue weighted by Gasteiger charge is -2.37. The number of thiazole rings is 2. The van der Waals surface area contributed by atoms with Crippen molar-refractivity contribution in [1.82, 2.24) is 19.8 Å². The first-order chi connectivity index (χ1) is 25.2. The van der Waals surface area contributed by atoms with Crippen LogP contribution in [0.15, 0.2) is 67.8 Å². The van der Waals surface area contributed by atoms with Crippen molar-refractivity contribution in [2.24, 2.45) is 5.73 Å². The van der Waals surface area contributed by atoms with E-state index in [0.717, 1.165) is 128 Å². The highest BCUT2D eigenvalue weighted by atomic mass is 32.1. The molecule has 0 unspecified atom stereocenters. The summed E-state index contributed by atoms with van der Waals surface area (Å²) in [5, 5.41) is 2.35. The second-order valence-corrected chi connectivity index (χ2v) is 16.5. The zero-order chi connectivity index (χ0) is 35.9. The molecule has 0 bridgehead atoms. The first-order valence-corrected chi connectivity index (χ1v) is 19.7. The quantitative estimate of drug-likeness (QED) is 0.136. The molecule has 6 N–H and O–H groups in total. The van der Waals surface area contributed by atoms with Gasteiger partial charge in [-0.15, -0.1) is 22.7 Å². The molecule has 3 aliphatic rings. The van der Waals surface area contributed by atoms with Gasteiger partial charge in [0.05, 0.1) is 29.0 Å². The number of hydrogen-bond donors (Lipinski definition) is 3. The predicted octanol–water partition coefficient (Wildman–Crippen LogP) is 7.15. The maximum absolute atomic E-state index is 6.63. The van der Waals surface area contributed by atoms with E-state index in [4.69, 9.17) is 27.2 Å². The molecule has 0 spiro atoms. The molecule has 1 aliphatic carbocycles. The summed E-state index contributed by atoms with van der Waals surface area (Å²) >= 11 is 3.66. The third-order valence-electron chi connectivity index (χ3n) is 10.4. The van der Waals surface area contributed by atoms with Gasteiger partial charge >= 0.3 is 0 Å². The van der Waals surface area contributed by atoms with Crippen LogP contribution in [0.4, 0.5) is 22.7 Å². The summed E-state index contributed by atoms with van der Waals surface area (Å²) < 4.78 is 1.18. The summed E-state index contributed by atoms with van der Waals surface area (Å²) in [4.78, 5) is 21.2. The summed E-state index contributed by atoms with van der Waals surface area (Å²) in [7, 11) is 0. The Kier molecular flexibility index (Phi) is 9.52. The molecule has 52 heavy (non-hydrogen) atoms. The number of anilines is 4. The van der Waals surface area contributed by atoms with Gasteiger partial charge < -0.3 is 27.0 Å². The second kappa shape index (κ2) is 14.4. The van der Waals surface area contributed by atoms with Crippen LogP contribution in [0.3, 0.4) is 0 Å². The molecular formula is C41H47N9S2. The summed E-state index contributed by atoms with van der Waals surface area (Å²) in [5.74, 6) is 0. The SMILES string of the molecule is C=C(N)c1ccc(N)cc1N1CCN(Cc2nc3ccc(-c4cc(N)cc(N5CCN(Cc6nc7c(s6)CCC=C7)CC5)c4C(=C)C)cc3s2)CC1. The number of hydrogen-bond acceptors (Lipinski definition) is 11. The van der Waals surface area contributed by atoms with Crippen LogP contribution in [0.2, 0.25) is 0 Å². The highest BCUT2D eigenvalue weighted by Gasteiger charge is 2.25. The molecule has 0 amide bonds. The standard InChI is InChI=1S/C41H47N9S2/c1-26(2)41-32(21-30(44)23-36(41)50-18-14-48(15-19-50)24-39-45-33-6-4-5-7-37(33)51-39)28-8-11-34-38(20-28)52-40(46-34)25-47-12-16-49(17-13-47)35-22-29(43)9-10-31(35)27(3)42/h4,6,8-11,20-23H,1,3,5,7,12-19,24-25,42-44H2,2H3. The van der Waals surface area contributed by atoms with Crippen LogP contribution in [0.5, 0.6) is 0 Å². The number of rotatable bonds is 9. The van der Waals surface area contributed by atoms with Crippen LogP contribution in [0, 0.1) is 0 Å². The molecule has 11 heteroatoms. The van der Waals surface area contributed by atoms with Crippen molar-refractivity contribution in [1.29, 1.82) is 0 Å². The lowest BCUT2D eigenvalue weighted by Crippen LogP contribution is -2.46. The minimum atomic E-state index is 0.563. The van der Waals surface area contributed by atoms with E-state index in [-0.39, 0.29) is 0 Å². The first kappa shape index (κ1) is 34.4. The van der Waals surface area contributed by atoms with Gasteiger partial charge in [-0.3, -0.25) is 9.80 Å². The highest BCUT2D eigenvalue weighted by molar-refractivity contribution is 7.18. The Morgan fingerprint density at radius 2 is 1.44 bits per heavy atom. The lowest BCUT2D eigenvalue weighted by molar-refractivity contribution is 0.249. The fourth-order valence-corrected chi connectivity index (χ4v) is 9.90. The average molecular weight is 730 g/mol. The molecule has 2 aromatic heterocycles. The number of fused-ring (bicyclic) bond motifs is 2. The molecule has 2 saturated heterocycles. The Morgan fingerprint density at radius 3 is 2.12 bits per heavy atom. The van der Waals surface area contributed by atoms with Gasteiger partial charge in [0.2, 0.25) is 0 Å². The van der Waals surface area contributed by atoms with Crippen molar-refractivity contribution < 1.29 is 0 Å². The average Bonchev–Trinajstić information content (AvgIpc) is 3.74. The van der Waals surface area contributed by atoms with Gasteiger partial charge in [0.25, 0.3) is 0 Å². The van der Waals surface area contributed by atoms with E-state index in [1.54, 1.807) is 11.3 Å². The smallest absolute Gasteiger partial charge is 0.108 e. The minimum absolute atomic E-state index is 0.563. The van der Waals surface area contributed by atoms with Crippen LogP contribution in [-0.4, -0.2) is 72.1 Å². The number of aryl methyl sites for hydroxylation is 1. The fourth-order valence-electron chi connectivity index (χ4n) is 7.74. The monoisotopic (exact) mass is 729 g/mol. The third kappa shape index (κ3) is 7.06. The van der Waals surface area contributed by atoms with Crippen LogP contribution >= 0.6 is 22.7 Å². The minimum Gasteiger partial charge on any atom is -0.399 e. The molecule has 2 fully saturated rings. The number of nitrogens with two attached hydrogens (primary N) is 3. The zero-order valence-corrected chi connectivity index (χ0v) is 31.5. The number of piperazine rings is 2. The largest absolute Gasteiger partial charge is 0.399 e. The van der Waals surface area contributed by atoms with Crippen molar-refractivity contribution in [3.63, 3.8) is 0 Å². The number of benzene rings is 3. The highest BCUT2D eigenvalue weighted by Crippen LogP contribution is 2.40. The molecule has 5 aromatic rings. The van der Waals surface area contributed by atoms with E-state index >= 15 is 0 Å². The van der Waals surface area contributed by atoms with Gasteiger partial charge in [-0.25, -0.2) is 9.97 Å². The number of allylic oxidation sites excluding steroid dienone is 2. The molecule has 8 rings (SSSR count). The first-order valence-electron chi connectivity index (χ1n) is 18.1. The number of nitrogen functional groups attached to an aromatic ring is 2. The summed E-state index contributed by atoms with van der Waals surface area (Å²) in [5.41, 5.74) is 30.8. The number of nitrogens with zero attached hydrogens (tertiary/aromatic N) is 6. The van der Waals surface area contributed by atoms with Crippen LogP contribution in [0.1, 0.15) is 45.1 Å². The van der Waals surface area contributed by atoms with E-state index in [1.807, 2.05) is 29.5 Å². The van der Waals surface area contributed by atoms with Crippen molar-refractivity contribution in [3.8, 4) is 11.1 Å². The van der Waals surface area contributed by atoms with Crippen LogP contribution in [0.25, 0.3) is 38.7 Å². The molecule has 0 atom stereocenters. The molecule has 268 valence electrons. The topological polar surface area (TPSA) is 117 Å². The molecule has 4 heterocycles. The maximum atomic E-state index is 6.63. The summed E-state index contributed by atoms with van der Waals surface area (Å²) in [6, 6.07) is 16.7. The fraction of sp³-hybridized carbons (Fsp3) is 0.317. The lowest BCUT2D eigenvalue weighted by atomic mass is 9.92. The Bertz CT molecular complexity index is 2180. The predicted molar refractivity (Wildman–Crippen MR) is 223 cm³/mol. The van der Waals surface area contributed by atoms with E-state index in [2.05, 4.69) is 82.2 Å². The van der Waals surface area contributed by atoms with Gasteiger partial charge in [0, 0.05) is 96.8 Å². The maximum Gasteiger partial charge on any atom is 0.108 e. The molecule has 3 aromatic carbocycles.